The van der Waals surface area contributed by atoms with Crippen molar-refractivity contribution >= 4 is 24.8 Å². The fraction of sp³-hybridized carbons (Fsp3) is 0.556. The predicted octanol–water partition coefficient (Wildman–Crippen LogP) is 2.12. The molecule has 2 heterocycles. The van der Waals surface area contributed by atoms with Gasteiger partial charge in [-0.1, -0.05) is 24.3 Å². The summed E-state index contributed by atoms with van der Waals surface area (Å²) in [5.74, 6) is 0.264. The molecular weight excluding hydrogens is 317 g/mol. The van der Waals surface area contributed by atoms with Crippen molar-refractivity contribution in [3.8, 4) is 0 Å². The van der Waals surface area contributed by atoms with Crippen molar-refractivity contribution in [2.75, 3.05) is 13.7 Å². The zero-order valence-corrected chi connectivity index (χ0v) is 15.6. The summed E-state index contributed by atoms with van der Waals surface area (Å²) in [5, 5.41) is 15.8. The number of rotatable bonds is 4. The first-order valence-electron chi connectivity index (χ1n) is 8.55. The summed E-state index contributed by atoms with van der Waals surface area (Å²) < 4.78 is 18.1. The van der Waals surface area contributed by atoms with Gasteiger partial charge < -0.3 is 18.9 Å². The molecule has 1 atom stereocenters. The Labute approximate surface area is 149 Å². The molecule has 0 radical (unpaired) electrons. The maximum Gasteiger partial charge on any atom is 0.494 e. The molecule has 0 bridgehead atoms. The average Bonchev–Trinajstić information content (AvgIpc) is 2.74. The van der Waals surface area contributed by atoms with Gasteiger partial charge in [0.15, 0.2) is 5.60 Å². The van der Waals surface area contributed by atoms with Crippen LogP contribution in [0.2, 0.25) is 0 Å². The average molecular weight is 343 g/mol. The van der Waals surface area contributed by atoms with Crippen LogP contribution in [0.4, 0.5) is 0 Å². The van der Waals surface area contributed by atoms with Gasteiger partial charge in [0, 0.05) is 13.5 Å². The van der Waals surface area contributed by atoms with Gasteiger partial charge in [-0.3, -0.25) is 10.8 Å². The molecule has 25 heavy (non-hydrogen) atoms. The molecule has 6 nitrogen and oxygen atoms in total. The van der Waals surface area contributed by atoms with Crippen LogP contribution in [0.1, 0.15) is 39.7 Å². The predicted molar refractivity (Wildman–Crippen MR) is 98.7 cm³/mol. The second-order valence-corrected chi connectivity index (χ2v) is 7.73. The second kappa shape index (κ2) is 5.93. The van der Waals surface area contributed by atoms with Crippen LogP contribution in [0.25, 0.3) is 0 Å². The van der Waals surface area contributed by atoms with E-state index < -0.39 is 23.9 Å². The number of benzene rings is 1. The maximum atomic E-state index is 8.43. The molecule has 134 valence electrons. The van der Waals surface area contributed by atoms with Crippen molar-refractivity contribution in [3.63, 3.8) is 0 Å². The molecule has 0 spiro atoms. The normalized spacial score (nSPS) is 26.8. The fourth-order valence-corrected chi connectivity index (χ4v) is 3.12. The Bertz CT molecular complexity index is 685. The number of nitrogens with one attached hydrogen (secondary N) is 2. The second-order valence-electron chi connectivity index (χ2n) is 7.73. The number of hydrogen-bond donors (Lipinski definition) is 2. The lowest BCUT2D eigenvalue weighted by molar-refractivity contribution is -0.107. The highest BCUT2D eigenvalue weighted by Crippen LogP contribution is 2.40. The topological polar surface area (TPSA) is 78.6 Å². The van der Waals surface area contributed by atoms with Crippen LogP contribution in [0.15, 0.2) is 24.3 Å². The minimum atomic E-state index is -0.800. The van der Waals surface area contributed by atoms with Gasteiger partial charge in [0.1, 0.15) is 5.84 Å². The van der Waals surface area contributed by atoms with Gasteiger partial charge >= 0.3 is 7.12 Å². The number of nitrogens with zero attached hydrogens (tertiary/aromatic N) is 1. The van der Waals surface area contributed by atoms with Crippen LogP contribution in [0.3, 0.4) is 0 Å². The molecular formula is C18H26BN3O3. The van der Waals surface area contributed by atoms with E-state index in [1.54, 1.807) is 7.05 Å². The van der Waals surface area contributed by atoms with Crippen LogP contribution < -0.4 is 5.46 Å². The number of ether oxygens (including phenoxy) is 1. The van der Waals surface area contributed by atoms with Crippen molar-refractivity contribution in [1.82, 2.24) is 4.90 Å². The van der Waals surface area contributed by atoms with E-state index in [-0.39, 0.29) is 5.84 Å². The van der Waals surface area contributed by atoms with Crippen molar-refractivity contribution in [1.29, 1.82) is 10.8 Å². The van der Waals surface area contributed by atoms with Crippen molar-refractivity contribution < 1.29 is 14.0 Å². The molecule has 0 saturated carbocycles. The highest BCUT2D eigenvalue weighted by Gasteiger charge is 2.52. The third kappa shape index (κ3) is 2.80. The van der Waals surface area contributed by atoms with Crippen LogP contribution in [0.5, 0.6) is 0 Å². The minimum absolute atomic E-state index is 0.264. The molecule has 2 fully saturated rings. The molecule has 0 aliphatic carbocycles. The molecule has 7 heteroatoms. The van der Waals surface area contributed by atoms with E-state index >= 15 is 0 Å². The first-order valence-corrected chi connectivity index (χ1v) is 8.55. The van der Waals surface area contributed by atoms with Crippen LogP contribution in [-0.4, -0.2) is 49.0 Å². The Morgan fingerprint density at radius 3 is 2.28 bits per heavy atom. The molecule has 0 aromatic heterocycles. The Balaban J connectivity index is 1.92. The number of hydrogen-bond acceptors (Lipinski definition) is 5. The lowest BCUT2D eigenvalue weighted by atomic mass is 9.75. The largest absolute Gasteiger partial charge is 0.494 e. The van der Waals surface area contributed by atoms with E-state index in [4.69, 9.17) is 24.9 Å². The first kappa shape index (κ1) is 18.1. The third-order valence-corrected chi connectivity index (χ3v) is 5.61. The summed E-state index contributed by atoms with van der Waals surface area (Å²) >= 11 is 0. The molecule has 3 rings (SSSR count). The van der Waals surface area contributed by atoms with Gasteiger partial charge in [0.2, 0.25) is 0 Å². The maximum absolute atomic E-state index is 8.43. The molecule has 1 unspecified atom stereocenters. The Morgan fingerprint density at radius 2 is 1.80 bits per heavy atom. The summed E-state index contributed by atoms with van der Waals surface area (Å²) in [6.45, 7) is 8.73. The minimum Gasteiger partial charge on any atom is -0.399 e. The van der Waals surface area contributed by atoms with E-state index in [1.165, 1.54) is 4.90 Å². The standard InChI is InChI=1S/C18H26BN3O3/c1-16(2)17(3,4)25-19(24-16)14-8-6-7-13(11-14)18(9-10-23-18)15(21)22(5)12-20/h6-8,11-12,20-21H,9-10H2,1-5H3. The smallest absolute Gasteiger partial charge is 0.399 e. The highest BCUT2D eigenvalue weighted by atomic mass is 16.7. The monoisotopic (exact) mass is 343 g/mol. The quantitative estimate of drug-likeness (QED) is 0.499. The summed E-state index contributed by atoms with van der Waals surface area (Å²) in [4.78, 5) is 1.47. The van der Waals surface area contributed by atoms with Gasteiger partial charge in [0.25, 0.3) is 0 Å². The van der Waals surface area contributed by atoms with Gasteiger partial charge in [-0.15, -0.1) is 0 Å². The molecule has 2 saturated heterocycles. The Morgan fingerprint density at radius 1 is 1.20 bits per heavy atom. The van der Waals surface area contributed by atoms with Crippen molar-refractivity contribution in [2.45, 2.75) is 50.9 Å². The van der Waals surface area contributed by atoms with E-state index in [1.807, 2.05) is 52.0 Å². The molecule has 2 N–H and O–H groups in total. The molecule has 2 aliphatic heterocycles. The van der Waals surface area contributed by atoms with Gasteiger partial charge in [-0.05, 0) is 38.7 Å². The summed E-state index contributed by atoms with van der Waals surface area (Å²) in [7, 11) is 1.24. The third-order valence-electron chi connectivity index (χ3n) is 5.61. The van der Waals surface area contributed by atoms with Crippen LogP contribution in [0, 0.1) is 10.8 Å². The van der Waals surface area contributed by atoms with E-state index in [2.05, 4.69) is 0 Å². The zero-order valence-electron chi connectivity index (χ0n) is 15.6. The van der Waals surface area contributed by atoms with E-state index in [0.717, 1.165) is 23.8 Å². The lowest BCUT2D eigenvalue weighted by Crippen LogP contribution is -2.53. The molecule has 2 aliphatic rings. The number of likely N-dealkylation sites (N-methyl/N-ethyl adjacent to an activating group) is 1. The molecule has 1 aromatic carbocycles. The summed E-state index contributed by atoms with van der Waals surface area (Å²) in [5.41, 5.74) is 0.212. The van der Waals surface area contributed by atoms with Crippen molar-refractivity contribution in [2.24, 2.45) is 0 Å². The Hall–Kier alpha value is -1.70. The first-order chi connectivity index (χ1) is 11.6. The molecule has 1 aromatic rings. The fourth-order valence-electron chi connectivity index (χ4n) is 3.12. The van der Waals surface area contributed by atoms with Crippen molar-refractivity contribution in [3.05, 3.63) is 29.8 Å². The highest BCUT2D eigenvalue weighted by molar-refractivity contribution is 6.62. The molecule has 0 amide bonds. The Kier molecular flexibility index (Phi) is 4.30. The van der Waals surface area contributed by atoms with Crippen LogP contribution in [-0.2, 0) is 19.6 Å². The lowest BCUT2D eigenvalue weighted by Gasteiger charge is -2.44. The van der Waals surface area contributed by atoms with Crippen LogP contribution >= 0.6 is 0 Å². The summed E-state index contributed by atoms with van der Waals surface area (Å²) in [6.07, 6.45) is 1.85. The van der Waals surface area contributed by atoms with E-state index in [9.17, 15) is 0 Å². The number of amidine groups is 1. The van der Waals surface area contributed by atoms with E-state index in [0.29, 0.717) is 6.61 Å². The zero-order chi connectivity index (χ0) is 18.5. The van der Waals surface area contributed by atoms with Gasteiger partial charge in [-0.2, -0.15) is 0 Å². The SMILES string of the molecule is CN(C=N)C(=N)C1(c2cccc(B3OC(C)(C)C(C)(C)O3)c2)CCO1. The van der Waals surface area contributed by atoms with Gasteiger partial charge in [-0.25, -0.2) is 0 Å². The van der Waals surface area contributed by atoms with Gasteiger partial charge in [0.05, 0.1) is 24.1 Å². The summed E-state index contributed by atoms with van der Waals surface area (Å²) in [6, 6.07) is 7.87.